The molecule has 0 spiro atoms. The van der Waals surface area contributed by atoms with Gasteiger partial charge < -0.3 is 0 Å². The predicted octanol–water partition coefficient (Wildman–Crippen LogP) is 15.4. The molecule has 0 aromatic heterocycles. The molecule has 0 nitrogen and oxygen atoms in total. The van der Waals surface area contributed by atoms with Crippen molar-refractivity contribution in [1.82, 2.24) is 0 Å². The normalized spacial score (nSPS) is 6.55. The largest absolute Gasteiger partial charge is 0.109 e. The number of alkyl halides is 18. The van der Waals surface area contributed by atoms with Gasteiger partial charge in [-0.05, 0) is 0 Å². The van der Waals surface area contributed by atoms with Crippen LogP contribution in [-0.2, 0) is 0 Å². The highest BCUT2D eigenvalue weighted by Gasteiger charge is 1.75. The second-order valence-corrected chi connectivity index (χ2v) is 9.89. The summed E-state index contributed by atoms with van der Waals surface area (Å²) in [6.07, 6.45) is 5.54. The van der Waals surface area contributed by atoms with Crippen LogP contribution in [0.5, 0.6) is 0 Å². The van der Waals surface area contributed by atoms with Gasteiger partial charge >= 0.3 is 0 Å². The summed E-state index contributed by atoms with van der Waals surface area (Å²) in [5.41, 5.74) is 0. The van der Waals surface area contributed by atoms with Crippen LogP contribution >= 0.6 is 209 Å². The number of hydrogen-bond donors (Lipinski definition) is 0. The molecule has 0 aliphatic rings. The van der Waals surface area contributed by atoms with Gasteiger partial charge in [0, 0.05) is 0 Å². The van der Waals surface area contributed by atoms with Crippen LogP contribution in [0.2, 0.25) is 0 Å². The summed E-state index contributed by atoms with van der Waals surface area (Å²) in [5.74, 6) is 0. The third-order valence-corrected chi connectivity index (χ3v) is 0.957. The molecular weight excluding hydrogens is 818 g/mol. The van der Waals surface area contributed by atoms with Crippen LogP contribution < -0.4 is 0 Å². The van der Waals surface area contributed by atoms with E-state index in [0.29, 0.717) is 0 Å². The Morgan fingerprint density at radius 1 is 0.242 bits per heavy atom. The van der Waals surface area contributed by atoms with E-state index in [-0.39, 0.29) is 48.1 Å². The third kappa shape index (κ3) is 683. The van der Waals surface area contributed by atoms with E-state index >= 15 is 0 Å². The fourth-order valence-electron chi connectivity index (χ4n) is 0.500. The fraction of sp³-hybridized carbons (Fsp3) is 1.00. The monoisotopic (exact) mass is 842 g/mol. The van der Waals surface area contributed by atoms with Gasteiger partial charge in [0.2, 0.25) is 0 Å². The van der Waals surface area contributed by atoms with Gasteiger partial charge in [-0.1, -0.05) is 39.5 Å². The van der Waals surface area contributed by atoms with Crippen LogP contribution in [0.25, 0.3) is 0 Å². The fourth-order valence-corrected chi connectivity index (χ4v) is 0.500. The van der Waals surface area contributed by atoms with Crippen LogP contribution in [0.4, 0.5) is 0 Å². The van der Waals surface area contributed by atoms with Crippen molar-refractivity contribution in [3.05, 3.63) is 0 Å². The third-order valence-electron chi connectivity index (χ3n) is 0.957. The molecule has 0 unspecified atom stereocenters. The summed E-state index contributed by atoms with van der Waals surface area (Å²) in [4.78, 5) is 0. The van der Waals surface area contributed by atoms with Crippen molar-refractivity contribution in [3.8, 4) is 0 Å². The Kier molecular flexibility index (Phi) is 296. The van der Waals surface area contributed by atoms with E-state index in [1.165, 1.54) is 25.7 Å². The van der Waals surface area contributed by atoms with Crippen molar-refractivity contribution in [3.63, 3.8) is 0 Å². The van der Waals surface area contributed by atoms with Crippen molar-refractivity contribution >= 4 is 209 Å². The van der Waals surface area contributed by atoms with Crippen LogP contribution in [0.3, 0.4) is 0 Å². The van der Waals surface area contributed by atoms with Crippen molar-refractivity contribution in [1.29, 1.82) is 0 Å². The minimum absolute atomic E-state index is 0.194. The average Bonchev–Trinajstić information content (AvgIpc) is 2.72. The molecule has 0 bridgehead atoms. The highest BCUT2D eigenvalue weighted by Crippen LogP contribution is 1.95. The quantitative estimate of drug-likeness (QED) is 0.196. The minimum Gasteiger partial charge on any atom is -0.109 e. The van der Waals surface area contributed by atoms with Crippen LogP contribution in [0.15, 0.2) is 0 Å². The van der Waals surface area contributed by atoms with Gasteiger partial charge in [0.05, 0.1) is 48.1 Å². The molecule has 33 heavy (non-hydrogen) atoms. The first-order chi connectivity index (χ1) is 15.6. The molecule has 218 valence electrons. The van der Waals surface area contributed by atoms with Gasteiger partial charge in [-0.25, -0.2) is 0 Å². The Labute approximate surface area is 292 Å². The lowest BCUT2D eigenvalue weighted by molar-refractivity contribution is 0.702. The van der Waals surface area contributed by atoms with Gasteiger partial charge in [0.1, 0.15) is 0 Å². The zero-order chi connectivity index (χ0) is 29.2. The summed E-state index contributed by atoms with van der Waals surface area (Å²) in [5, 5.41) is 1.75. The Morgan fingerprint density at radius 3 is 0.333 bits per heavy atom. The second kappa shape index (κ2) is 147. The van der Waals surface area contributed by atoms with Crippen LogP contribution in [0, 0.1) is 0 Å². The van der Waals surface area contributed by atoms with Crippen molar-refractivity contribution < 1.29 is 0 Å². The standard InChI is InChI=1S/C6H14.9CH2Cl2/c1-3-5-6-4-2;9*2-1-3/h3-6H2,1-2H3;9*1H2. The first-order valence-electron chi connectivity index (χ1n) is 7.72. The van der Waals surface area contributed by atoms with E-state index < -0.39 is 0 Å². The molecule has 0 N–H and O–H groups in total. The van der Waals surface area contributed by atoms with E-state index in [2.05, 4.69) is 13.8 Å². The van der Waals surface area contributed by atoms with Gasteiger partial charge in [-0.2, -0.15) is 0 Å². The Balaban J connectivity index is -0.0000000226. The number of halogens is 18. The molecule has 0 aromatic carbocycles. The Hall–Kier alpha value is 5.22. The molecule has 0 amide bonds. The second-order valence-electron chi connectivity index (χ2n) is 2.62. The van der Waals surface area contributed by atoms with E-state index in [1.807, 2.05) is 0 Å². The molecular formula is C15H32Cl18. The first kappa shape index (κ1) is 66.5. The summed E-state index contributed by atoms with van der Waals surface area (Å²) in [7, 11) is 0. The summed E-state index contributed by atoms with van der Waals surface area (Å²) in [6, 6.07) is 0. The molecule has 0 aliphatic carbocycles. The van der Waals surface area contributed by atoms with Gasteiger partial charge in [0.15, 0.2) is 0 Å². The average molecular weight is 851 g/mol. The highest BCUT2D eigenvalue weighted by molar-refractivity contribution is 6.42. The summed E-state index contributed by atoms with van der Waals surface area (Å²) < 4.78 is 0. The molecule has 0 saturated carbocycles. The first-order valence-corrected chi connectivity index (χ1v) is 17.3. The topological polar surface area (TPSA) is 0 Å². The molecule has 0 heterocycles. The zero-order valence-corrected chi connectivity index (χ0v) is 31.6. The lowest BCUT2D eigenvalue weighted by atomic mass is 10.2. The van der Waals surface area contributed by atoms with Crippen molar-refractivity contribution in [2.24, 2.45) is 0 Å². The molecule has 0 radical (unpaired) electrons. The predicted molar refractivity (Wildman–Crippen MR) is 179 cm³/mol. The van der Waals surface area contributed by atoms with E-state index in [4.69, 9.17) is 209 Å². The smallest absolute Gasteiger partial charge is 0.0967 e. The maximum Gasteiger partial charge on any atom is 0.0967 e. The van der Waals surface area contributed by atoms with E-state index in [1.54, 1.807) is 0 Å². The summed E-state index contributed by atoms with van der Waals surface area (Å²) >= 11 is 85.7. The molecule has 0 aliphatic heterocycles. The minimum atomic E-state index is 0.194. The molecule has 0 atom stereocenters. The molecule has 0 rings (SSSR count). The van der Waals surface area contributed by atoms with Gasteiger partial charge in [-0.15, -0.1) is 209 Å². The lowest BCUT2D eigenvalue weighted by Crippen LogP contribution is -1.66. The SMILES string of the molecule is CCCCCC.ClCCl.ClCCl.ClCCl.ClCCl.ClCCl.ClCCl.ClCCl.ClCCl.ClCCl. The maximum atomic E-state index is 4.76. The van der Waals surface area contributed by atoms with Crippen LogP contribution in [0.1, 0.15) is 39.5 Å². The molecule has 0 fully saturated rings. The summed E-state index contributed by atoms with van der Waals surface area (Å²) in [6.45, 7) is 4.46. The molecule has 18 heteroatoms. The highest BCUT2D eigenvalue weighted by atomic mass is 35.6. The number of unbranched alkanes of at least 4 members (excludes halogenated alkanes) is 3. The number of rotatable bonds is 3. The van der Waals surface area contributed by atoms with E-state index in [0.717, 1.165) is 0 Å². The van der Waals surface area contributed by atoms with Crippen molar-refractivity contribution in [2.75, 3.05) is 48.1 Å². The van der Waals surface area contributed by atoms with Gasteiger partial charge in [0.25, 0.3) is 0 Å². The maximum absolute atomic E-state index is 4.76. The van der Waals surface area contributed by atoms with Crippen molar-refractivity contribution in [2.45, 2.75) is 39.5 Å². The Morgan fingerprint density at radius 2 is 0.303 bits per heavy atom. The zero-order valence-electron chi connectivity index (χ0n) is 18.0. The van der Waals surface area contributed by atoms with Crippen LogP contribution in [-0.4, -0.2) is 48.1 Å². The van der Waals surface area contributed by atoms with Gasteiger partial charge in [-0.3, -0.25) is 0 Å². The molecule has 0 aromatic rings. The van der Waals surface area contributed by atoms with E-state index in [9.17, 15) is 0 Å². The Bertz CT molecular complexity index is 96.5. The molecule has 0 saturated heterocycles. The number of hydrogen-bond acceptors (Lipinski definition) is 0. The lowest BCUT2D eigenvalue weighted by Gasteiger charge is -1.86.